The van der Waals surface area contributed by atoms with Crippen molar-refractivity contribution in [3.05, 3.63) is 41.6 Å². The number of rotatable bonds is 4. The highest BCUT2D eigenvalue weighted by Gasteiger charge is 2.25. The van der Waals surface area contributed by atoms with Crippen LogP contribution in [-0.4, -0.2) is 55.4 Å². The van der Waals surface area contributed by atoms with Crippen LogP contribution >= 0.6 is 0 Å². The van der Waals surface area contributed by atoms with Crippen molar-refractivity contribution in [2.24, 2.45) is 0 Å². The maximum atomic E-state index is 9.40. The first kappa shape index (κ1) is 17.6. The third kappa shape index (κ3) is 3.96. The lowest BCUT2D eigenvalue weighted by Gasteiger charge is -2.28. The van der Waals surface area contributed by atoms with Gasteiger partial charge in [0.05, 0.1) is 24.5 Å². The minimum atomic E-state index is 0.261. The topological polar surface area (TPSA) is 77.3 Å². The average molecular weight is 364 g/mol. The van der Waals surface area contributed by atoms with Crippen LogP contribution in [0.5, 0.6) is 0 Å². The first-order valence-electron chi connectivity index (χ1n) is 9.41. The van der Waals surface area contributed by atoms with Gasteiger partial charge >= 0.3 is 0 Å². The Kier molecular flexibility index (Phi) is 5.07. The molecule has 0 aliphatic carbocycles. The van der Waals surface area contributed by atoms with Crippen LogP contribution in [0.25, 0.3) is 0 Å². The first-order chi connectivity index (χ1) is 13.2. The second-order valence-electron chi connectivity index (χ2n) is 7.05. The molecule has 0 bridgehead atoms. The number of aromatic nitrogens is 2. The van der Waals surface area contributed by atoms with Crippen LogP contribution in [-0.2, 0) is 4.74 Å². The minimum Gasteiger partial charge on any atom is -0.378 e. The van der Waals surface area contributed by atoms with Crippen LogP contribution in [0.15, 0.2) is 30.5 Å². The van der Waals surface area contributed by atoms with Gasteiger partial charge in [-0.1, -0.05) is 6.07 Å². The summed E-state index contributed by atoms with van der Waals surface area (Å²) >= 11 is 0. The first-order valence-corrected chi connectivity index (χ1v) is 9.41. The molecular weight excluding hydrogens is 340 g/mol. The van der Waals surface area contributed by atoms with Gasteiger partial charge < -0.3 is 19.9 Å². The molecule has 0 spiro atoms. The Bertz CT molecular complexity index is 843. The number of hydrogen-bond acceptors (Lipinski definition) is 7. The van der Waals surface area contributed by atoms with Crippen LogP contribution in [0.3, 0.4) is 0 Å². The van der Waals surface area contributed by atoms with E-state index in [9.17, 15) is 5.26 Å². The molecule has 7 nitrogen and oxygen atoms in total. The van der Waals surface area contributed by atoms with Crippen molar-refractivity contribution in [2.75, 3.05) is 54.5 Å². The quantitative estimate of drug-likeness (QED) is 0.891. The fourth-order valence-corrected chi connectivity index (χ4v) is 3.66. The molecule has 0 amide bonds. The number of nitriles is 1. The summed E-state index contributed by atoms with van der Waals surface area (Å²) in [6.45, 7) is 7.00. The number of benzene rings is 1. The molecule has 3 heterocycles. The Hall–Kier alpha value is -2.85. The van der Waals surface area contributed by atoms with Crippen LogP contribution in [0, 0.1) is 18.3 Å². The zero-order valence-electron chi connectivity index (χ0n) is 15.6. The third-order valence-corrected chi connectivity index (χ3v) is 5.11. The maximum Gasteiger partial charge on any atom is 0.224 e. The van der Waals surface area contributed by atoms with E-state index in [-0.39, 0.29) is 6.04 Å². The zero-order chi connectivity index (χ0) is 18.6. The smallest absolute Gasteiger partial charge is 0.224 e. The number of nitrogens with one attached hydrogen (secondary N) is 1. The van der Waals surface area contributed by atoms with Crippen molar-refractivity contribution < 1.29 is 4.74 Å². The average Bonchev–Trinajstić information content (AvgIpc) is 3.17. The van der Waals surface area contributed by atoms with Crippen LogP contribution in [0.4, 0.5) is 17.5 Å². The van der Waals surface area contributed by atoms with Crippen molar-refractivity contribution >= 4 is 17.5 Å². The maximum absolute atomic E-state index is 9.40. The molecule has 7 heteroatoms. The van der Waals surface area contributed by atoms with E-state index in [1.807, 2.05) is 18.2 Å². The highest BCUT2D eigenvalue weighted by atomic mass is 16.5. The highest BCUT2D eigenvalue weighted by Crippen LogP contribution is 2.26. The van der Waals surface area contributed by atoms with Crippen LogP contribution in [0.1, 0.15) is 17.5 Å². The van der Waals surface area contributed by atoms with Crippen molar-refractivity contribution in [2.45, 2.75) is 19.4 Å². The van der Waals surface area contributed by atoms with Crippen molar-refractivity contribution in [3.63, 3.8) is 0 Å². The van der Waals surface area contributed by atoms with Gasteiger partial charge in [0.1, 0.15) is 11.9 Å². The predicted molar refractivity (Wildman–Crippen MR) is 105 cm³/mol. The summed E-state index contributed by atoms with van der Waals surface area (Å²) in [5.74, 6) is 1.60. The Labute approximate surface area is 159 Å². The van der Waals surface area contributed by atoms with Crippen LogP contribution in [0.2, 0.25) is 0 Å². The van der Waals surface area contributed by atoms with Gasteiger partial charge in [0.2, 0.25) is 5.95 Å². The Morgan fingerprint density at radius 1 is 1.19 bits per heavy atom. The number of morpholine rings is 1. The summed E-state index contributed by atoms with van der Waals surface area (Å²) in [5, 5.41) is 12.9. The molecule has 1 N–H and O–H groups in total. The molecular formula is C20H24N6O. The molecule has 2 aromatic rings. The summed E-state index contributed by atoms with van der Waals surface area (Å²) in [5.41, 5.74) is 2.92. The molecule has 27 heavy (non-hydrogen) atoms. The molecule has 0 saturated carbocycles. The van der Waals surface area contributed by atoms with Gasteiger partial charge in [-0.3, -0.25) is 0 Å². The minimum absolute atomic E-state index is 0.261. The van der Waals surface area contributed by atoms with E-state index in [1.54, 1.807) is 6.20 Å². The lowest BCUT2D eigenvalue weighted by atomic mass is 10.1. The predicted octanol–water partition coefficient (Wildman–Crippen LogP) is 2.18. The van der Waals surface area contributed by atoms with Gasteiger partial charge in [-0.05, 0) is 37.1 Å². The SMILES string of the molecule is Cc1ccc(C#N)c(N2CCC(Nc3nccc(N4CCOCC4)n3)C2)c1. The van der Waals surface area contributed by atoms with E-state index in [0.29, 0.717) is 5.95 Å². The van der Waals surface area contributed by atoms with Crippen molar-refractivity contribution in [1.82, 2.24) is 9.97 Å². The van der Waals surface area contributed by atoms with Crippen molar-refractivity contribution in [3.8, 4) is 6.07 Å². The Morgan fingerprint density at radius 2 is 2.04 bits per heavy atom. The molecule has 1 unspecified atom stereocenters. The number of ether oxygens (including phenoxy) is 1. The summed E-state index contributed by atoms with van der Waals surface area (Å²) in [7, 11) is 0. The van der Waals surface area contributed by atoms with E-state index < -0.39 is 0 Å². The molecule has 2 fully saturated rings. The molecule has 2 saturated heterocycles. The highest BCUT2D eigenvalue weighted by molar-refractivity contribution is 5.61. The Balaban J connectivity index is 1.43. The summed E-state index contributed by atoms with van der Waals surface area (Å²) in [6, 6.07) is 10.5. The zero-order valence-corrected chi connectivity index (χ0v) is 15.6. The Morgan fingerprint density at radius 3 is 2.85 bits per heavy atom. The lowest BCUT2D eigenvalue weighted by molar-refractivity contribution is 0.122. The van der Waals surface area contributed by atoms with Gasteiger partial charge in [0, 0.05) is 38.4 Å². The van der Waals surface area contributed by atoms with Gasteiger partial charge in [0.15, 0.2) is 0 Å². The van der Waals surface area contributed by atoms with Gasteiger partial charge in [-0.2, -0.15) is 10.2 Å². The molecule has 4 rings (SSSR count). The van der Waals surface area contributed by atoms with Gasteiger partial charge in [-0.25, -0.2) is 4.98 Å². The molecule has 2 aliphatic rings. The summed E-state index contributed by atoms with van der Waals surface area (Å²) in [4.78, 5) is 13.6. The van der Waals surface area contributed by atoms with Crippen molar-refractivity contribution in [1.29, 1.82) is 5.26 Å². The van der Waals surface area contributed by atoms with E-state index in [2.05, 4.69) is 44.1 Å². The summed E-state index contributed by atoms with van der Waals surface area (Å²) in [6.07, 6.45) is 2.80. The fraction of sp³-hybridized carbons (Fsp3) is 0.450. The van der Waals surface area contributed by atoms with E-state index in [4.69, 9.17) is 4.74 Å². The molecule has 1 atom stereocenters. The standard InChI is InChI=1S/C20H24N6O/c1-15-2-3-16(13-21)18(12-15)26-7-5-17(14-26)23-20-22-6-4-19(24-20)25-8-10-27-11-9-25/h2-4,6,12,17H,5,7-11,14H2,1H3,(H,22,23,24). The number of nitrogens with zero attached hydrogens (tertiary/aromatic N) is 5. The molecule has 1 aromatic carbocycles. The third-order valence-electron chi connectivity index (χ3n) is 5.11. The fourth-order valence-electron chi connectivity index (χ4n) is 3.66. The second-order valence-corrected chi connectivity index (χ2v) is 7.05. The lowest BCUT2D eigenvalue weighted by Crippen LogP contribution is -2.37. The van der Waals surface area contributed by atoms with E-state index in [1.165, 1.54) is 5.56 Å². The van der Waals surface area contributed by atoms with E-state index in [0.717, 1.165) is 62.9 Å². The van der Waals surface area contributed by atoms with Gasteiger partial charge in [0.25, 0.3) is 0 Å². The number of anilines is 3. The molecule has 140 valence electrons. The second kappa shape index (κ2) is 7.80. The summed E-state index contributed by atoms with van der Waals surface area (Å²) < 4.78 is 5.41. The van der Waals surface area contributed by atoms with Crippen LogP contribution < -0.4 is 15.1 Å². The largest absolute Gasteiger partial charge is 0.378 e. The molecule has 0 radical (unpaired) electrons. The monoisotopic (exact) mass is 364 g/mol. The van der Waals surface area contributed by atoms with E-state index >= 15 is 0 Å². The molecule has 1 aromatic heterocycles. The molecule has 2 aliphatic heterocycles. The van der Waals surface area contributed by atoms with Gasteiger partial charge in [-0.15, -0.1) is 0 Å². The number of aryl methyl sites for hydroxylation is 1. The normalized spacial score (nSPS) is 19.8. The number of hydrogen-bond donors (Lipinski definition) is 1.